The highest BCUT2D eigenvalue weighted by molar-refractivity contribution is 7.91. The van der Waals surface area contributed by atoms with Gasteiger partial charge in [-0.15, -0.1) is 11.3 Å². The molecule has 0 aromatic carbocycles. The zero-order valence-electron chi connectivity index (χ0n) is 16.8. The fourth-order valence-electron chi connectivity index (χ4n) is 4.23. The van der Waals surface area contributed by atoms with E-state index in [0.29, 0.717) is 17.3 Å². The molecular weight excluding hydrogens is 394 g/mol. The molecule has 3 heterocycles. The van der Waals surface area contributed by atoms with E-state index in [-0.39, 0.29) is 17.7 Å². The molecule has 0 bridgehead atoms. The average molecular weight is 428 g/mol. The van der Waals surface area contributed by atoms with Crippen LogP contribution in [0.2, 0.25) is 0 Å². The molecule has 6 nitrogen and oxygen atoms in total. The predicted molar refractivity (Wildman–Crippen MR) is 113 cm³/mol. The van der Waals surface area contributed by atoms with Gasteiger partial charge in [0.15, 0.2) is 0 Å². The fourth-order valence-corrected chi connectivity index (χ4v) is 6.84. The second-order valence-corrected chi connectivity index (χ2v) is 11.1. The molecule has 1 aromatic heterocycles. The molecule has 2 fully saturated rings. The Morgan fingerprint density at radius 1 is 1.21 bits per heavy atom. The first-order chi connectivity index (χ1) is 13.5. The maximum absolute atomic E-state index is 12.6. The molecule has 0 spiro atoms. The van der Waals surface area contributed by atoms with E-state index >= 15 is 0 Å². The second kappa shape index (κ2) is 10.2. The van der Waals surface area contributed by atoms with Crippen LogP contribution < -0.4 is 5.32 Å². The van der Waals surface area contributed by atoms with Gasteiger partial charge >= 0.3 is 0 Å². The molecular formula is C20H33N3O3S2. The van der Waals surface area contributed by atoms with Crippen molar-refractivity contribution in [3.8, 4) is 0 Å². The summed E-state index contributed by atoms with van der Waals surface area (Å²) < 4.78 is 27.2. The number of rotatable bonds is 8. The Kier molecular flexibility index (Phi) is 7.91. The number of sulfonamides is 1. The van der Waals surface area contributed by atoms with Gasteiger partial charge in [-0.25, -0.2) is 8.42 Å². The summed E-state index contributed by atoms with van der Waals surface area (Å²) in [6.45, 7) is 7.15. The van der Waals surface area contributed by atoms with Crippen LogP contribution in [0.25, 0.3) is 0 Å². The first kappa shape index (κ1) is 21.7. The lowest BCUT2D eigenvalue weighted by Crippen LogP contribution is -2.42. The minimum Gasteiger partial charge on any atom is -0.356 e. The first-order valence-electron chi connectivity index (χ1n) is 10.5. The number of piperidine rings is 2. The summed E-state index contributed by atoms with van der Waals surface area (Å²) in [6.07, 6.45) is 6.42. The van der Waals surface area contributed by atoms with Crippen LogP contribution in [0.15, 0.2) is 21.7 Å². The first-order valence-corrected chi connectivity index (χ1v) is 12.8. The molecule has 0 saturated carbocycles. The van der Waals surface area contributed by atoms with Crippen molar-refractivity contribution in [2.75, 3.05) is 39.3 Å². The molecule has 0 radical (unpaired) electrons. The number of nitrogens with one attached hydrogen (secondary N) is 1. The van der Waals surface area contributed by atoms with Crippen molar-refractivity contribution in [1.29, 1.82) is 0 Å². The van der Waals surface area contributed by atoms with Crippen molar-refractivity contribution in [3.05, 3.63) is 17.5 Å². The van der Waals surface area contributed by atoms with Crippen LogP contribution in [0.5, 0.6) is 0 Å². The molecule has 1 N–H and O–H groups in total. The van der Waals surface area contributed by atoms with Crippen molar-refractivity contribution in [2.45, 2.75) is 49.7 Å². The summed E-state index contributed by atoms with van der Waals surface area (Å²) in [4.78, 5) is 15.0. The average Bonchev–Trinajstić information content (AvgIpc) is 3.27. The Bertz CT molecular complexity index is 707. The van der Waals surface area contributed by atoms with Crippen molar-refractivity contribution in [3.63, 3.8) is 0 Å². The predicted octanol–water partition coefficient (Wildman–Crippen LogP) is 2.78. The van der Waals surface area contributed by atoms with Crippen LogP contribution >= 0.6 is 11.3 Å². The van der Waals surface area contributed by atoms with Crippen molar-refractivity contribution < 1.29 is 13.2 Å². The third kappa shape index (κ3) is 5.55. The molecule has 1 atom stereocenters. The van der Waals surface area contributed by atoms with Crippen LogP contribution in [0.4, 0.5) is 0 Å². The maximum atomic E-state index is 12.6. The molecule has 0 aliphatic carbocycles. The van der Waals surface area contributed by atoms with Gasteiger partial charge in [0.2, 0.25) is 5.91 Å². The van der Waals surface area contributed by atoms with Crippen LogP contribution in [-0.4, -0.2) is 62.8 Å². The van der Waals surface area contributed by atoms with E-state index in [1.807, 2.05) is 6.92 Å². The van der Waals surface area contributed by atoms with E-state index in [1.165, 1.54) is 43.7 Å². The summed E-state index contributed by atoms with van der Waals surface area (Å²) in [5.41, 5.74) is 0. The van der Waals surface area contributed by atoms with Gasteiger partial charge in [-0.2, -0.15) is 4.31 Å². The zero-order chi connectivity index (χ0) is 20.0. The van der Waals surface area contributed by atoms with Crippen LogP contribution in [0.3, 0.4) is 0 Å². The van der Waals surface area contributed by atoms with Gasteiger partial charge in [0.1, 0.15) is 4.21 Å². The topological polar surface area (TPSA) is 69.7 Å². The van der Waals surface area contributed by atoms with E-state index in [1.54, 1.807) is 21.8 Å². The Morgan fingerprint density at radius 2 is 1.93 bits per heavy atom. The van der Waals surface area contributed by atoms with E-state index in [4.69, 9.17) is 0 Å². The van der Waals surface area contributed by atoms with Crippen molar-refractivity contribution in [2.24, 2.45) is 11.8 Å². The van der Waals surface area contributed by atoms with E-state index < -0.39 is 10.0 Å². The largest absolute Gasteiger partial charge is 0.356 e. The van der Waals surface area contributed by atoms with Gasteiger partial charge in [-0.05, 0) is 69.1 Å². The third-order valence-corrected chi connectivity index (χ3v) is 9.38. The minimum absolute atomic E-state index is 0.0680. The highest BCUT2D eigenvalue weighted by Gasteiger charge is 2.33. The van der Waals surface area contributed by atoms with Crippen LogP contribution in [-0.2, 0) is 14.8 Å². The molecule has 3 rings (SSSR count). The number of amides is 1. The number of nitrogens with zero attached hydrogens (tertiary/aromatic N) is 2. The molecule has 2 saturated heterocycles. The molecule has 2 aliphatic heterocycles. The summed E-state index contributed by atoms with van der Waals surface area (Å²) >= 11 is 1.26. The monoisotopic (exact) mass is 427 g/mol. The maximum Gasteiger partial charge on any atom is 0.252 e. The minimum atomic E-state index is -3.37. The highest BCUT2D eigenvalue weighted by Crippen LogP contribution is 2.29. The molecule has 158 valence electrons. The fraction of sp³-hybridized carbons (Fsp3) is 0.750. The lowest BCUT2D eigenvalue weighted by molar-refractivity contribution is -0.126. The lowest BCUT2D eigenvalue weighted by Gasteiger charge is -2.33. The molecule has 8 heteroatoms. The zero-order valence-corrected chi connectivity index (χ0v) is 18.4. The summed E-state index contributed by atoms with van der Waals surface area (Å²) in [5.74, 6) is 0.289. The SMILES string of the molecule is C[C@H](C(=O)NCCCN1CCCCC1)C1CCN(S(=O)(=O)c2cccs2)CC1. The third-order valence-electron chi connectivity index (χ3n) is 6.11. The Morgan fingerprint density at radius 3 is 2.57 bits per heavy atom. The van der Waals surface area contributed by atoms with E-state index in [0.717, 1.165) is 32.4 Å². The molecule has 1 aromatic rings. The van der Waals surface area contributed by atoms with Crippen molar-refractivity contribution in [1.82, 2.24) is 14.5 Å². The Hall–Kier alpha value is -0.960. The number of carbonyl (C=O) groups excluding carboxylic acids is 1. The van der Waals surface area contributed by atoms with Crippen LogP contribution in [0.1, 0.15) is 45.4 Å². The number of hydrogen-bond acceptors (Lipinski definition) is 5. The standard InChI is InChI=1S/C20H33N3O3S2/c1-17(20(24)21-10-6-13-22-11-3-2-4-12-22)18-8-14-23(15-9-18)28(25,26)19-7-5-16-27-19/h5,7,16-18H,2-4,6,8-15H2,1H3,(H,21,24)/t17-/m0/s1. The number of carbonyl (C=O) groups is 1. The van der Waals surface area contributed by atoms with E-state index in [2.05, 4.69) is 10.2 Å². The Labute approximate surface area is 173 Å². The number of likely N-dealkylation sites (tertiary alicyclic amines) is 1. The van der Waals surface area contributed by atoms with Crippen molar-refractivity contribution >= 4 is 27.3 Å². The van der Waals surface area contributed by atoms with E-state index in [9.17, 15) is 13.2 Å². The highest BCUT2D eigenvalue weighted by atomic mass is 32.2. The molecule has 1 amide bonds. The quantitative estimate of drug-likeness (QED) is 0.648. The summed E-state index contributed by atoms with van der Waals surface area (Å²) in [5, 5.41) is 4.88. The second-order valence-electron chi connectivity index (χ2n) is 8.01. The summed E-state index contributed by atoms with van der Waals surface area (Å²) in [6, 6.07) is 3.42. The van der Waals surface area contributed by atoms with Gasteiger partial charge in [0.25, 0.3) is 10.0 Å². The van der Waals surface area contributed by atoms with Gasteiger partial charge in [0.05, 0.1) is 0 Å². The van der Waals surface area contributed by atoms with Gasteiger partial charge in [-0.3, -0.25) is 4.79 Å². The van der Waals surface area contributed by atoms with Gasteiger partial charge in [-0.1, -0.05) is 19.4 Å². The summed E-state index contributed by atoms with van der Waals surface area (Å²) in [7, 11) is -3.37. The van der Waals surface area contributed by atoms with Crippen LogP contribution in [0, 0.1) is 11.8 Å². The molecule has 0 unspecified atom stereocenters. The lowest BCUT2D eigenvalue weighted by atomic mass is 9.85. The van der Waals surface area contributed by atoms with Gasteiger partial charge < -0.3 is 10.2 Å². The molecule has 2 aliphatic rings. The molecule has 28 heavy (non-hydrogen) atoms. The number of thiophene rings is 1. The Balaban J connectivity index is 1.38. The number of hydrogen-bond donors (Lipinski definition) is 1. The van der Waals surface area contributed by atoms with Gasteiger partial charge in [0, 0.05) is 25.6 Å². The smallest absolute Gasteiger partial charge is 0.252 e. The normalized spacial score (nSPS) is 21.5.